The summed E-state index contributed by atoms with van der Waals surface area (Å²) < 4.78 is 27.9. The van der Waals surface area contributed by atoms with Crippen LogP contribution in [0.1, 0.15) is 49.8 Å². The van der Waals surface area contributed by atoms with E-state index in [4.69, 9.17) is 23.2 Å². The van der Waals surface area contributed by atoms with Crippen molar-refractivity contribution in [1.29, 1.82) is 0 Å². The molecule has 33 heavy (non-hydrogen) atoms. The fourth-order valence-electron chi connectivity index (χ4n) is 7.29. The van der Waals surface area contributed by atoms with Gasteiger partial charge in [-0.3, -0.25) is 0 Å². The molecule has 1 N–H and O–H groups in total. The van der Waals surface area contributed by atoms with E-state index in [1.165, 1.54) is 61.0 Å². The summed E-state index contributed by atoms with van der Waals surface area (Å²) in [6.45, 7) is 1.55. The molecule has 4 saturated carbocycles. The Hall–Kier alpha value is -1.41. The first-order chi connectivity index (χ1) is 15.8. The number of sulfonamides is 1. The first-order valence-electron chi connectivity index (χ1n) is 11.8. The van der Waals surface area contributed by atoms with Gasteiger partial charge in [-0.15, -0.1) is 0 Å². The second-order valence-electron chi connectivity index (χ2n) is 10.6. The highest BCUT2D eigenvalue weighted by molar-refractivity contribution is 7.89. The highest BCUT2D eigenvalue weighted by Gasteiger charge is 2.50. The van der Waals surface area contributed by atoms with Crippen LogP contribution in [0.2, 0.25) is 10.0 Å². The zero-order chi connectivity index (χ0) is 22.8. The number of rotatable bonds is 5. The van der Waals surface area contributed by atoms with Crippen LogP contribution in [0.3, 0.4) is 0 Å². The van der Waals surface area contributed by atoms with Crippen molar-refractivity contribution < 1.29 is 8.42 Å². The lowest BCUT2D eigenvalue weighted by molar-refractivity contribution is -0.0444. The Bertz CT molecular complexity index is 1150. The van der Waals surface area contributed by atoms with Crippen molar-refractivity contribution in [2.24, 2.45) is 23.2 Å². The fourth-order valence-corrected chi connectivity index (χ4v) is 9.42. The molecule has 2 heterocycles. The maximum absolute atomic E-state index is 13.2. The summed E-state index contributed by atoms with van der Waals surface area (Å²) in [7, 11) is -3.72. The van der Waals surface area contributed by atoms with E-state index in [0.29, 0.717) is 28.4 Å². The summed E-state index contributed by atoms with van der Waals surface area (Å²) in [4.78, 5) is 9.10. The number of aromatic nitrogens is 2. The normalized spacial score (nSPS) is 30.9. The monoisotopic (exact) mass is 506 g/mol. The molecule has 4 bridgehead atoms. The molecule has 6 nitrogen and oxygen atoms in total. The number of halogens is 2. The van der Waals surface area contributed by atoms with Gasteiger partial charge < -0.3 is 5.32 Å². The first kappa shape index (κ1) is 22.1. The molecule has 0 spiro atoms. The molecule has 9 heteroatoms. The van der Waals surface area contributed by atoms with Crippen LogP contribution in [0, 0.1) is 23.2 Å². The zero-order valence-electron chi connectivity index (χ0n) is 18.4. The van der Waals surface area contributed by atoms with E-state index in [1.807, 2.05) is 0 Å². The van der Waals surface area contributed by atoms with Gasteiger partial charge in [-0.1, -0.05) is 23.2 Å². The Morgan fingerprint density at radius 3 is 2.27 bits per heavy atom. The molecule has 5 aliphatic rings. The largest absolute Gasteiger partial charge is 0.369 e. The maximum Gasteiger partial charge on any atom is 0.243 e. The lowest BCUT2D eigenvalue weighted by Crippen LogP contribution is -2.49. The Balaban J connectivity index is 1.20. The summed E-state index contributed by atoms with van der Waals surface area (Å²) in [6.07, 6.45) is 10.5. The van der Waals surface area contributed by atoms with Crippen LogP contribution in [0.15, 0.2) is 29.4 Å². The summed E-state index contributed by atoms with van der Waals surface area (Å²) in [5.74, 6) is 3.61. The molecule has 1 aromatic heterocycles. The molecule has 0 atom stereocenters. The van der Waals surface area contributed by atoms with Gasteiger partial charge in [-0.25, -0.2) is 18.4 Å². The summed E-state index contributed by atoms with van der Waals surface area (Å²) in [6, 6.07) is 4.41. The van der Waals surface area contributed by atoms with Crippen LogP contribution in [-0.4, -0.2) is 35.8 Å². The molecule has 1 aromatic carbocycles. The predicted molar refractivity (Wildman–Crippen MR) is 129 cm³/mol. The van der Waals surface area contributed by atoms with Crippen LogP contribution >= 0.6 is 23.2 Å². The molecule has 7 rings (SSSR count). The molecule has 176 valence electrons. The van der Waals surface area contributed by atoms with E-state index in [1.54, 1.807) is 6.33 Å². The topological polar surface area (TPSA) is 75.2 Å². The fraction of sp³-hybridized carbons (Fsp3) is 0.583. The van der Waals surface area contributed by atoms with E-state index in [-0.39, 0.29) is 11.4 Å². The van der Waals surface area contributed by atoms with Gasteiger partial charge in [0.25, 0.3) is 0 Å². The highest BCUT2D eigenvalue weighted by Crippen LogP contribution is 2.60. The van der Waals surface area contributed by atoms with E-state index < -0.39 is 10.0 Å². The van der Waals surface area contributed by atoms with Crippen molar-refractivity contribution in [2.75, 3.05) is 18.4 Å². The van der Waals surface area contributed by atoms with Gasteiger partial charge in [0.15, 0.2) is 0 Å². The Kier molecular flexibility index (Phi) is 5.40. The van der Waals surface area contributed by atoms with Gasteiger partial charge in [0.1, 0.15) is 12.1 Å². The molecular formula is C24H28Cl2N4O2S. The molecule has 0 radical (unpaired) electrons. The second kappa shape index (κ2) is 8.08. The number of fused-ring (bicyclic) bond motifs is 1. The third kappa shape index (κ3) is 4.05. The van der Waals surface area contributed by atoms with Gasteiger partial charge in [0.05, 0.1) is 17.1 Å². The molecule has 0 unspecified atom stereocenters. The average molecular weight is 507 g/mol. The highest BCUT2D eigenvalue weighted by atomic mass is 35.5. The van der Waals surface area contributed by atoms with Gasteiger partial charge >= 0.3 is 0 Å². The van der Waals surface area contributed by atoms with Crippen molar-refractivity contribution in [2.45, 2.75) is 56.4 Å². The minimum atomic E-state index is -3.72. The van der Waals surface area contributed by atoms with Crippen LogP contribution in [0.4, 0.5) is 5.82 Å². The maximum atomic E-state index is 13.2. The molecule has 0 saturated heterocycles. The lowest BCUT2D eigenvalue weighted by Gasteiger charge is -2.57. The van der Waals surface area contributed by atoms with Crippen molar-refractivity contribution >= 4 is 39.0 Å². The van der Waals surface area contributed by atoms with E-state index in [0.717, 1.165) is 41.4 Å². The van der Waals surface area contributed by atoms with E-state index >= 15 is 0 Å². The van der Waals surface area contributed by atoms with E-state index in [9.17, 15) is 8.42 Å². The van der Waals surface area contributed by atoms with Gasteiger partial charge in [-0.05, 0) is 86.3 Å². The summed E-state index contributed by atoms with van der Waals surface area (Å²) >= 11 is 12.1. The molecule has 4 aliphatic carbocycles. The third-order valence-electron chi connectivity index (χ3n) is 8.24. The Morgan fingerprint density at radius 2 is 1.64 bits per heavy atom. The Labute approximate surface area is 205 Å². The van der Waals surface area contributed by atoms with E-state index in [2.05, 4.69) is 15.3 Å². The number of hydrogen-bond acceptors (Lipinski definition) is 5. The number of anilines is 1. The van der Waals surface area contributed by atoms with Crippen molar-refractivity contribution in [3.8, 4) is 0 Å². The third-order valence-corrected chi connectivity index (χ3v) is 10.5. The lowest BCUT2D eigenvalue weighted by atomic mass is 9.49. The minimum Gasteiger partial charge on any atom is -0.369 e. The van der Waals surface area contributed by atoms with Crippen LogP contribution < -0.4 is 5.32 Å². The number of nitrogens with zero attached hydrogens (tertiary/aromatic N) is 3. The number of benzene rings is 1. The van der Waals surface area contributed by atoms with Crippen molar-refractivity contribution in [3.05, 3.63) is 45.8 Å². The van der Waals surface area contributed by atoms with Gasteiger partial charge in [0, 0.05) is 28.7 Å². The standard InChI is InChI=1S/C24H28Cl2N4O2S/c25-18-6-19(26)8-20(7-18)33(31,32)30-2-1-21-22(12-30)28-14-29-23(21)27-13-24-9-15-3-16(10-24)5-17(4-15)11-24/h6-8,14-17H,1-5,9-13H2,(H,27,28,29). The zero-order valence-corrected chi connectivity index (χ0v) is 20.8. The molecular weight excluding hydrogens is 479 g/mol. The SMILES string of the molecule is O=S(=O)(c1cc(Cl)cc(Cl)c1)N1CCc2c(ncnc2NCC23CC4CC(CC(C4)C2)C3)C1. The second-order valence-corrected chi connectivity index (χ2v) is 13.4. The average Bonchev–Trinajstić information content (AvgIpc) is 2.75. The Morgan fingerprint density at radius 1 is 1.00 bits per heavy atom. The molecule has 2 aromatic rings. The summed E-state index contributed by atoms with van der Waals surface area (Å²) in [5, 5.41) is 4.28. The van der Waals surface area contributed by atoms with Crippen molar-refractivity contribution in [1.82, 2.24) is 14.3 Å². The van der Waals surface area contributed by atoms with Gasteiger partial charge in [-0.2, -0.15) is 4.31 Å². The molecule has 0 amide bonds. The van der Waals surface area contributed by atoms with Crippen LogP contribution in [-0.2, 0) is 23.0 Å². The smallest absolute Gasteiger partial charge is 0.243 e. The quantitative estimate of drug-likeness (QED) is 0.605. The number of nitrogens with one attached hydrogen (secondary N) is 1. The number of hydrogen-bond donors (Lipinski definition) is 1. The minimum absolute atomic E-state index is 0.109. The molecule has 4 fully saturated rings. The predicted octanol–water partition coefficient (Wildman–Crippen LogP) is 5.16. The summed E-state index contributed by atoms with van der Waals surface area (Å²) in [5.41, 5.74) is 2.21. The molecule has 1 aliphatic heterocycles. The first-order valence-corrected chi connectivity index (χ1v) is 14.0. The van der Waals surface area contributed by atoms with Crippen LogP contribution in [0.25, 0.3) is 0 Å². The van der Waals surface area contributed by atoms with Crippen molar-refractivity contribution in [3.63, 3.8) is 0 Å². The van der Waals surface area contributed by atoms with Gasteiger partial charge in [0.2, 0.25) is 10.0 Å². The van der Waals surface area contributed by atoms with Crippen LogP contribution in [0.5, 0.6) is 0 Å².